The Hall–Kier alpha value is -2.24. The van der Waals surface area contributed by atoms with Crippen molar-refractivity contribution >= 4 is 0 Å². The average molecular weight is 330 g/mol. The molecular weight excluding hydrogens is 304 g/mol. The van der Waals surface area contributed by atoms with Gasteiger partial charge in [-0.15, -0.1) is 0 Å². The van der Waals surface area contributed by atoms with Crippen LogP contribution in [0, 0.1) is 0 Å². The summed E-state index contributed by atoms with van der Waals surface area (Å²) in [7, 11) is 1.58. The normalized spacial score (nSPS) is 12.1. The minimum Gasteiger partial charge on any atom is -0.480 e. The van der Waals surface area contributed by atoms with E-state index >= 15 is 0 Å². The van der Waals surface area contributed by atoms with Crippen LogP contribution >= 0.6 is 0 Å². The second-order valence-electron chi connectivity index (χ2n) is 7.43. The van der Waals surface area contributed by atoms with Gasteiger partial charge in [-0.3, -0.25) is 4.98 Å². The van der Waals surface area contributed by atoms with Gasteiger partial charge in [-0.05, 0) is 17.4 Å². The molecule has 2 aromatic rings. The van der Waals surface area contributed by atoms with E-state index in [0.29, 0.717) is 18.5 Å². The molecule has 0 aromatic carbocycles. The molecule has 24 heavy (non-hydrogen) atoms. The molecule has 6 nitrogen and oxygen atoms in total. The zero-order valence-corrected chi connectivity index (χ0v) is 15.3. The van der Waals surface area contributed by atoms with Gasteiger partial charge in [0.25, 0.3) is 0 Å². The zero-order chi connectivity index (χ0) is 17.8. The minimum atomic E-state index is -0.162. The third-order valence-corrected chi connectivity index (χ3v) is 3.98. The van der Waals surface area contributed by atoms with E-state index in [4.69, 9.17) is 9.47 Å². The highest BCUT2D eigenvalue weighted by Gasteiger charge is 2.23. The van der Waals surface area contributed by atoms with E-state index in [9.17, 15) is 0 Å². The Labute approximate surface area is 143 Å². The summed E-state index contributed by atoms with van der Waals surface area (Å²) in [6, 6.07) is 0.402. The molecule has 0 aliphatic heterocycles. The lowest BCUT2D eigenvalue weighted by Gasteiger charge is -2.23. The van der Waals surface area contributed by atoms with Crippen LogP contribution in [0.4, 0.5) is 0 Å². The molecule has 2 heterocycles. The Bertz CT molecular complexity index is 646. The van der Waals surface area contributed by atoms with Crippen molar-refractivity contribution in [2.75, 3.05) is 13.7 Å². The second kappa shape index (κ2) is 7.11. The second-order valence-corrected chi connectivity index (χ2v) is 7.43. The predicted molar refractivity (Wildman–Crippen MR) is 92.5 cm³/mol. The van der Waals surface area contributed by atoms with Gasteiger partial charge in [0, 0.05) is 17.8 Å². The van der Waals surface area contributed by atoms with Crippen LogP contribution in [0.15, 0.2) is 24.8 Å². The summed E-state index contributed by atoms with van der Waals surface area (Å²) in [6.07, 6.45) is 7.79. The minimum absolute atomic E-state index is 0.0353. The van der Waals surface area contributed by atoms with Gasteiger partial charge >= 0.3 is 6.01 Å². The van der Waals surface area contributed by atoms with E-state index in [-0.39, 0.29) is 10.8 Å². The molecule has 0 saturated heterocycles. The van der Waals surface area contributed by atoms with Gasteiger partial charge in [-0.25, -0.2) is 15.0 Å². The Morgan fingerprint density at radius 3 is 2.04 bits per heavy atom. The van der Waals surface area contributed by atoms with Crippen LogP contribution < -0.4 is 9.47 Å². The van der Waals surface area contributed by atoms with Gasteiger partial charge in [0.05, 0.1) is 31.8 Å². The standard InChI is InChI=1S/C18H26N4O2/c1-17(2,3)13-9-21-16(22-10-13)24-8-7-18(4,5)14-11-20-15(23-6)12-19-14/h9-12H,7-8H2,1-6H3. The molecule has 0 unspecified atom stereocenters. The van der Waals surface area contributed by atoms with Gasteiger partial charge < -0.3 is 9.47 Å². The zero-order valence-electron chi connectivity index (χ0n) is 15.3. The number of aromatic nitrogens is 4. The van der Waals surface area contributed by atoms with Crippen LogP contribution in [-0.4, -0.2) is 33.7 Å². The van der Waals surface area contributed by atoms with Crippen LogP contribution in [0.5, 0.6) is 11.9 Å². The summed E-state index contributed by atoms with van der Waals surface area (Å²) in [5.41, 5.74) is 1.86. The molecule has 0 bridgehead atoms. The summed E-state index contributed by atoms with van der Waals surface area (Å²) < 4.78 is 10.7. The van der Waals surface area contributed by atoms with Crippen LogP contribution in [0.1, 0.15) is 52.3 Å². The lowest BCUT2D eigenvalue weighted by molar-refractivity contribution is 0.251. The molecule has 0 fully saturated rings. The number of ether oxygens (including phenoxy) is 2. The molecule has 2 aromatic heterocycles. The number of hydrogen-bond donors (Lipinski definition) is 0. The third-order valence-electron chi connectivity index (χ3n) is 3.98. The monoisotopic (exact) mass is 330 g/mol. The number of methoxy groups -OCH3 is 1. The molecule has 0 amide bonds. The van der Waals surface area contributed by atoms with Crippen molar-refractivity contribution in [3.8, 4) is 11.9 Å². The van der Waals surface area contributed by atoms with Gasteiger partial charge in [0.15, 0.2) is 0 Å². The molecule has 0 spiro atoms. The van der Waals surface area contributed by atoms with Gasteiger partial charge in [0.2, 0.25) is 5.88 Å². The Morgan fingerprint density at radius 2 is 1.54 bits per heavy atom. The SMILES string of the molecule is COc1cnc(C(C)(C)CCOc2ncc(C(C)(C)C)cn2)cn1. The van der Waals surface area contributed by atoms with Crippen molar-refractivity contribution < 1.29 is 9.47 Å². The number of hydrogen-bond acceptors (Lipinski definition) is 6. The molecule has 0 radical (unpaired) electrons. The van der Waals surface area contributed by atoms with E-state index in [0.717, 1.165) is 17.7 Å². The van der Waals surface area contributed by atoms with Crippen LogP contribution in [0.3, 0.4) is 0 Å². The Morgan fingerprint density at radius 1 is 0.875 bits per heavy atom. The molecule has 0 atom stereocenters. The average Bonchev–Trinajstić information content (AvgIpc) is 2.54. The maximum Gasteiger partial charge on any atom is 0.316 e. The fourth-order valence-electron chi connectivity index (χ4n) is 2.07. The van der Waals surface area contributed by atoms with Crippen molar-refractivity contribution in [3.05, 3.63) is 36.0 Å². The first-order valence-electron chi connectivity index (χ1n) is 8.04. The molecule has 0 N–H and O–H groups in total. The van der Waals surface area contributed by atoms with Gasteiger partial charge in [0.1, 0.15) is 0 Å². The summed E-state index contributed by atoms with van der Waals surface area (Å²) in [6.45, 7) is 11.1. The first kappa shape index (κ1) is 18.1. The topological polar surface area (TPSA) is 70.0 Å². The lowest BCUT2D eigenvalue weighted by Crippen LogP contribution is -2.22. The summed E-state index contributed by atoms with van der Waals surface area (Å²) in [4.78, 5) is 17.2. The predicted octanol–water partition coefficient (Wildman–Crippen LogP) is 3.32. The van der Waals surface area contributed by atoms with E-state index in [2.05, 4.69) is 54.6 Å². The Balaban J connectivity index is 1.92. The quantitative estimate of drug-likeness (QED) is 0.809. The maximum absolute atomic E-state index is 5.68. The fraction of sp³-hybridized carbons (Fsp3) is 0.556. The molecule has 0 saturated carbocycles. The molecule has 0 aliphatic carbocycles. The largest absolute Gasteiger partial charge is 0.480 e. The number of rotatable bonds is 6. The van der Waals surface area contributed by atoms with Gasteiger partial charge in [-0.2, -0.15) is 0 Å². The van der Waals surface area contributed by atoms with E-state index in [1.807, 2.05) is 12.4 Å². The fourth-order valence-corrected chi connectivity index (χ4v) is 2.07. The van der Waals surface area contributed by atoms with E-state index in [1.165, 1.54) is 0 Å². The maximum atomic E-state index is 5.68. The van der Waals surface area contributed by atoms with Crippen molar-refractivity contribution in [3.63, 3.8) is 0 Å². The van der Waals surface area contributed by atoms with Crippen molar-refractivity contribution in [1.82, 2.24) is 19.9 Å². The summed E-state index contributed by atoms with van der Waals surface area (Å²) >= 11 is 0. The van der Waals surface area contributed by atoms with Crippen LogP contribution in [0.25, 0.3) is 0 Å². The van der Waals surface area contributed by atoms with E-state index < -0.39 is 0 Å². The molecule has 0 aliphatic rings. The molecule has 130 valence electrons. The molecular formula is C18H26N4O2. The smallest absolute Gasteiger partial charge is 0.316 e. The summed E-state index contributed by atoms with van der Waals surface area (Å²) in [5.74, 6) is 0.512. The van der Waals surface area contributed by atoms with Crippen LogP contribution in [0.2, 0.25) is 0 Å². The van der Waals surface area contributed by atoms with Crippen molar-refractivity contribution in [1.29, 1.82) is 0 Å². The molecule has 6 heteroatoms. The highest BCUT2D eigenvalue weighted by Crippen LogP contribution is 2.26. The third kappa shape index (κ3) is 4.63. The highest BCUT2D eigenvalue weighted by atomic mass is 16.5. The Kier molecular flexibility index (Phi) is 5.36. The van der Waals surface area contributed by atoms with Crippen molar-refractivity contribution in [2.24, 2.45) is 0 Å². The first-order chi connectivity index (χ1) is 11.2. The summed E-state index contributed by atoms with van der Waals surface area (Å²) in [5, 5.41) is 0. The molecule has 2 rings (SSSR count). The van der Waals surface area contributed by atoms with Crippen LogP contribution in [-0.2, 0) is 10.8 Å². The first-order valence-corrected chi connectivity index (χ1v) is 8.04. The highest BCUT2D eigenvalue weighted by molar-refractivity contribution is 5.17. The van der Waals surface area contributed by atoms with Crippen molar-refractivity contribution in [2.45, 2.75) is 51.9 Å². The lowest BCUT2D eigenvalue weighted by atomic mass is 9.86. The number of nitrogens with zero attached hydrogens (tertiary/aromatic N) is 4. The van der Waals surface area contributed by atoms with Gasteiger partial charge in [-0.1, -0.05) is 34.6 Å². The van der Waals surface area contributed by atoms with E-state index in [1.54, 1.807) is 19.5 Å².